The Kier molecular flexibility index (Phi) is 6.32. The molecule has 9 nitrogen and oxygen atoms in total. The molecule has 2 heterocycles. The second-order valence-corrected chi connectivity index (χ2v) is 7.38. The van der Waals surface area contributed by atoms with Gasteiger partial charge in [0.05, 0.1) is 18.0 Å². The molecule has 0 saturated carbocycles. The van der Waals surface area contributed by atoms with E-state index < -0.39 is 17.6 Å². The average Bonchev–Trinajstić information content (AvgIpc) is 3.23. The van der Waals surface area contributed by atoms with Crippen LogP contribution in [-0.2, 0) is 19.6 Å². The first-order valence-electron chi connectivity index (χ1n) is 9.56. The summed E-state index contributed by atoms with van der Waals surface area (Å²) in [5.74, 6) is -0.249. The van der Waals surface area contributed by atoms with Crippen molar-refractivity contribution in [1.29, 1.82) is 0 Å². The second kappa shape index (κ2) is 8.81. The van der Waals surface area contributed by atoms with Crippen LogP contribution in [0.5, 0.6) is 0 Å². The number of aryl methyl sites for hydroxylation is 1. The highest BCUT2D eigenvalue weighted by molar-refractivity contribution is 5.94. The molecule has 0 aliphatic heterocycles. The SMILES string of the molecule is Cc1nn(Cc2ccc(C(=O)N(C)Cc3nccn3CC(F)(F)F)cc2)c(C)c1[N+](=O)[O-]. The predicted octanol–water partition coefficient (Wildman–Crippen LogP) is 3.49. The van der Waals surface area contributed by atoms with E-state index in [4.69, 9.17) is 0 Å². The van der Waals surface area contributed by atoms with Crippen LogP contribution < -0.4 is 0 Å². The Hall–Kier alpha value is -3.70. The average molecular weight is 450 g/mol. The van der Waals surface area contributed by atoms with E-state index >= 15 is 0 Å². The van der Waals surface area contributed by atoms with E-state index in [0.29, 0.717) is 23.5 Å². The van der Waals surface area contributed by atoms with Crippen LogP contribution >= 0.6 is 0 Å². The Morgan fingerprint density at radius 1 is 1.22 bits per heavy atom. The molecule has 0 atom stereocenters. The highest BCUT2D eigenvalue weighted by Crippen LogP contribution is 2.23. The van der Waals surface area contributed by atoms with Gasteiger partial charge in [0, 0.05) is 25.0 Å². The summed E-state index contributed by atoms with van der Waals surface area (Å²) in [4.78, 5) is 28.6. The first kappa shape index (κ1) is 23.0. The van der Waals surface area contributed by atoms with Crippen LogP contribution in [0.25, 0.3) is 0 Å². The number of hydrogen-bond donors (Lipinski definition) is 0. The quantitative estimate of drug-likeness (QED) is 0.405. The summed E-state index contributed by atoms with van der Waals surface area (Å²) in [5, 5.41) is 15.3. The molecule has 1 amide bonds. The fourth-order valence-electron chi connectivity index (χ4n) is 3.36. The number of imidazole rings is 1. The molecule has 3 aromatic rings. The maximum absolute atomic E-state index is 12.7. The van der Waals surface area contributed by atoms with Crippen LogP contribution in [0.2, 0.25) is 0 Å². The molecule has 0 unspecified atom stereocenters. The molecule has 12 heteroatoms. The Balaban J connectivity index is 1.69. The molecule has 1 aromatic carbocycles. The van der Waals surface area contributed by atoms with Gasteiger partial charge in [0.2, 0.25) is 0 Å². The maximum Gasteiger partial charge on any atom is 0.406 e. The molecule has 0 N–H and O–H groups in total. The van der Waals surface area contributed by atoms with Crippen LogP contribution in [0.4, 0.5) is 18.9 Å². The lowest BCUT2D eigenvalue weighted by Gasteiger charge is -2.18. The summed E-state index contributed by atoms with van der Waals surface area (Å²) in [7, 11) is 1.48. The summed E-state index contributed by atoms with van der Waals surface area (Å²) < 4.78 is 40.5. The van der Waals surface area contributed by atoms with Crippen LogP contribution in [0, 0.1) is 24.0 Å². The summed E-state index contributed by atoms with van der Waals surface area (Å²) in [6.45, 7) is 2.22. The van der Waals surface area contributed by atoms with Gasteiger partial charge in [-0.05, 0) is 31.5 Å². The van der Waals surface area contributed by atoms with Gasteiger partial charge in [0.15, 0.2) is 0 Å². The monoisotopic (exact) mass is 450 g/mol. The molecule has 0 aliphatic carbocycles. The number of nitro groups is 1. The minimum atomic E-state index is -4.39. The third-order valence-electron chi connectivity index (χ3n) is 4.94. The zero-order chi connectivity index (χ0) is 23.6. The van der Waals surface area contributed by atoms with Crippen LogP contribution in [0.15, 0.2) is 36.7 Å². The molecule has 32 heavy (non-hydrogen) atoms. The predicted molar refractivity (Wildman–Crippen MR) is 108 cm³/mol. The topological polar surface area (TPSA) is 99.1 Å². The number of nitrogens with zero attached hydrogens (tertiary/aromatic N) is 6. The fourth-order valence-corrected chi connectivity index (χ4v) is 3.36. The maximum atomic E-state index is 12.7. The molecule has 0 spiro atoms. The van der Waals surface area contributed by atoms with E-state index in [0.717, 1.165) is 10.1 Å². The van der Waals surface area contributed by atoms with E-state index in [1.807, 2.05) is 0 Å². The lowest BCUT2D eigenvalue weighted by atomic mass is 10.1. The van der Waals surface area contributed by atoms with E-state index in [2.05, 4.69) is 10.1 Å². The molecule has 0 bridgehead atoms. The van der Waals surface area contributed by atoms with Crippen molar-refractivity contribution in [1.82, 2.24) is 24.2 Å². The second-order valence-electron chi connectivity index (χ2n) is 7.38. The first-order chi connectivity index (χ1) is 15.0. The molecular formula is C20H21F3N6O3. The molecule has 0 saturated heterocycles. The third kappa shape index (κ3) is 5.13. The minimum absolute atomic E-state index is 0.0256. The first-order valence-corrected chi connectivity index (χ1v) is 9.56. The van der Waals surface area contributed by atoms with Crippen molar-refractivity contribution in [2.45, 2.75) is 39.7 Å². The Labute approximate surface area is 181 Å². The van der Waals surface area contributed by atoms with Crippen LogP contribution in [-0.4, -0.2) is 48.3 Å². The van der Waals surface area contributed by atoms with E-state index in [1.54, 1.807) is 38.1 Å². The molecule has 0 fully saturated rings. The third-order valence-corrected chi connectivity index (χ3v) is 4.94. The van der Waals surface area contributed by atoms with Gasteiger partial charge in [-0.2, -0.15) is 18.3 Å². The van der Waals surface area contributed by atoms with Crippen molar-refractivity contribution in [3.8, 4) is 0 Å². The summed E-state index contributed by atoms with van der Waals surface area (Å²) >= 11 is 0. The number of carbonyl (C=O) groups is 1. The summed E-state index contributed by atoms with van der Waals surface area (Å²) in [6, 6.07) is 6.59. The van der Waals surface area contributed by atoms with Crippen LogP contribution in [0.1, 0.15) is 33.1 Å². The van der Waals surface area contributed by atoms with E-state index in [9.17, 15) is 28.1 Å². The van der Waals surface area contributed by atoms with Crippen molar-refractivity contribution in [2.75, 3.05) is 7.05 Å². The molecule has 0 radical (unpaired) electrons. The number of aromatic nitrogens is 4. The van der Waals surface area contributed by atoms with Crippen molar-refractivity contribution in [2.24, 2.45) is 0 Å². The fraction of sp³-hybridized carbons (Fsp3) is 0.350. The lowest BCUT2D eigenvalue weighted by molar-refractivity contribution is -0.386. The van der Waals surface area contributed by atoms with Gasteiger partial charge in [-0.3, -0.25) is 19.6 Å². The zero-order valence-electron chi connectivity index (χ0n) is 17.6. The number of benzene rings is 1. The lowest BCUT2D eigenvalue weighted by Crippen LogP contribution is -2.29. The van der Waals surface area contributed by atoms with Crippen molar-refractivity contribution in [3.05, 3.63) is 75.1 Å². The largest absolute Gasteiger partial charge is 0.406 e. The number of amides is 1. The van der Waals surface area contributed by atoms with Crippen LogP contribution in [0.3, 0.4) is 0 Å². The normalized spacial score (nSPS) is 11.6. The number of carbonyl (C=O) groups excluding carboxylic acids is 1. The smallest absolute Gasteiger partial charge is 0.334 e. The number of alkyl halides is 3. The molecule has 2 aromatic heterocycles. The van der Waals surface area contributed by atoms with Gasteiger partial charge in [-0.15, -0.1) is 0 Å². The van der Waals surface area contributed by atoms with Gasteiger partial charge < -0.3 is 9.47 Å². The van der Waals surface area contributed by atoms with Gasteiger partial charge in [-0.1, -0.05) is 12.1 Å². The highest BCUT2D eigenvalue weighted by Gasteiger charge is 2.29. The highest BCUT2D eigenvalue weighted by atomic mass is 19.4. The van der Waals surface area contributed by atoms with Gasteiger partial charge in [-0.25, -0.2) is 4.98 Å². The van der Waals surface area contributed by atoms with Gasteiger partial charge in [0.1, 0.15) is 23.8 Å². The summed E-state index contributed by atoms with van der Waals surface area (Å²) in [5.41, 5.74) is 1.86. The Bertz CT molecular complexity index is 1130. The van der Waals surface area contributed by atoms with Gasteiger partial charge >= 0.3 is 11.9 Å². The number of hydrogen-bond acceptors (Lipinski definition) is 5. The number of halogens is 3. The standard InChI is InChI=1S/C20H21F3N6O3/c1-13-18(29(31)32)14(2)28(25-13)10-15-4-6-16(7-5-15)19(30)26(3)11-17-24-8-9-27(17)12-20(21,22)23/h4-9H,10-12H2,1-3H3. The zero-order valence-corrected chi connectivity index (χ0v) is 17.6. The Morgan fingerprint density at radius 3 is 2.44 bits per heavy atom. The molecule has 3 rings (SSSR count). The van der Waals surface area contributed by atoms with Crippen molar-refractivity contribution >= 4 is 11.6 Å². The summed E-state index contributed by atoms with van der Waals surface area (Å²) in [6.07, 6.45) is -1.91. The van der Waals surface area contributed by atoms with E-state index in [1.165, 1.54) is 29.0 Å². The number of rotatable bonds is 7. The minimum Gasteiger partial charge on any atom is -0.334 e. The molecular weight excluding hydrogens is 429 g/mol. The molecule has 170 valence electrons. The van der Waals surface area contributed by atoms with E-state index in [-0.39, 0.29) is 24.0 Å². The van der Waals surface area contributed by atoms with Crippen molar-refractivity contribution < 1.29 is 22.9 Å². The Morgan fingerprint density at radius 2 is 1.88 bits per heavy atom. The molecule has 0 aliphatic rings. The van der Waals surface area contributed by atoms with Crippen molar-refractivity contribution in [3.63, 3.8) is 0 Å². The van der Waals surface area contributed by atoms with Gasteiger partial charge in [0.25, 0.3) is 5.91 Å².